The average molecular weight is 451 g/mol. The van der Waals surface area contributed by atoms with Crippen LogP contribution >= 0.6 is 11.3 Å². The number of hydrogen-bond donors (Lipinski definition) is 0. The van der Waals surface area contributed by atoms with Crippen LogP contribution in [0.2, 0.25) is 0 Å². The van der Waals surface area contributed by atoms with E-state index in [1.54, 1.807) is 25.6 Å². The Hall–Kier alpha value is -2.90. The molecule has 1 atom stereocenters. The van der Waals surface area contributed by atoms with Gasteiger partial charge in [0.1, 0.15) is 11.0 Å². The lowest BCUT2D eigenvalue weighted by Gasteiger charge is -2.18. The van der Waals surface area contributed by atoms with Gasteiger partial charge in [0.25, 0.3) is 0 Å². The lowest BCUT2D eigenvalue weighted by molar-refractivity contribution is 0.354. The number of rotatable bonds is 9. The molecule has 0 radical (unpaired) electrons. The minimum absolute atomic E-state index is 0.0992. The number of likely N-dealkylation sites (N-methyl/N-ethyl adjacent to an activating group) is 1. The van der Waals surface area contributed by atoms with Gasteiger partial charge in [0.15, 0.2) is 11.5 Å². The molecule has 6 nitrogen and oxygen atoms in total. The van der Waals surface area contributed by atoms with E-state index in [-0.39, 0.29) is 6.04 Å². The number of aryl methyl sites for hydroxylation is 1. The number of fused-ring (bicyclic) bond motifs is 1. The van der Waals surface area contributed by atoms with E-state index in [4.69, 9.17) is 14.5 Å². The number of imidazole rings is 1. The quantitative estimate of drug-likeness (QED) is 0.366. The van der Waals surface area contributed by atoms with Crippen molar-refractivity contribution in [2.45, 2.75) is 25.8 Å². The van der Waals surface area contributed by atoms with Crippen LogP contribution in [0.1, 0.15) is 34.8 Å². The van der Waals surface area contributed by atoms with Crippen LogP contribution in [-0.4, -0.2) is 54.3 Å². The lowest BCUT2D eigenvalue weighted by Crippen LogP contribution is -2.15. The van der Waals surface area contributed by atoms with Crippen LogP contribution in [0, 0.1) is 0 Å². The molecule has 0 bridgehead atoms. The summed E-state index contributed by atoms with van der Waals surface area (Å²) in [6.07, 6.45) is 5.96. The number of nitrogens with zero attached hydrogens (tertiary/aromatic N) is 4. The van der Waals surface area contributed by atoms with Crippen molar-refractivity contribution in [2.24, 2.45) is 0 Å². The summed E-state index contributed by atoms with van der Waals surface area (Å²) in [7, 11) is 7.47. The maximum Gasteiger partial charge on any atom is 0.161 e. The second-order valence-corrected chi connectivity index (χ2v) is 9.15. The second kappa shape index (κ2) is 9.71. The van der Waals surface area contributed by atoms with Gasteiger partial charge in [-0.3, -0.25) is 0 Å². The molecule has 0 fully saturated rings. The second-order valence-electron chi connectivity index (χ2n) is 8.09. The smallest absolute Gasteiger partial charge is 0.161 e. The third kappa shape index (κ3) is 4.64. The molecule has 0 aliphatic rings. The predicted molar refractivity (Wildman–Crippen MR) is 130 cm³/mol. The third-order valence-electron chi connectivity index (χ3n) is 5.60. The molecule has 0 saturated carbocycles. The number of thiazole rings is 1. The van der Waals surface area contributed by atoms with Gasteiger partial charge in [0.2, 0.25) is 0 Å². The van der Waals surface area contributed by atoms with Crippen LogP contribution in [0.5, 0.6) is 11.5 Å². The van der Waals surface area contributed by atoms with E-state index in [1.807, 2.05) is 18.5 Å². The minimum atomic E-state index is -0.0992. The molecule has 4 rings (SSSR count). The normalized spacial score (nSPS) is 12.4. The summed E-state index contributed by atoms with van der Waals surface area (Å²) in [5.41, 5.74) is 4.50. The zero-order chi connectivity index (χ0) is 22.7. The zero-order valence-electron chi connectivity index (χ0n) is 19.3. The van der Waals surface area contributed by atoms with Gasteiger partial charge in [-0.2, -0.15) is 0 Å². The Morgan fingerprint density at radius 1 is 1.06 bits per heavy atom. The lowest BCUT2D eigenvalue weighted by atomic mass is 10.1. The van der Waals surface area contributed by atoms with Gasteiger partial charge < -0.3 is 18.9 Å². The van der Waals surface area contributed by atoms with Gasteiger partial charge in [-0.25, -0.2) is 9.97 Å². The topological polar surface area (TPSA) is 52.4 Å². The van der Waals surface area contributed by atoms with E-state index in [9.17, 15) is 0 Å². The van der Waals surface area contributed by atoms with Crippen LogP contribution in [0.15, 0.2) is 48.9 Å². The van der Waals surface area contributed by atoms with E-state index in [0.717, 1.165) is 41.2 Å². The first-order chi connectivity index (χ1) is 15.5. The Labute approximate surface area is 193 Å². The molecule has 1 unspecified atom stereocenters. The fourth-order valence-electron chi connectivity index (χ4n) is 3.78. The summed E-state index contributed by atoms with van der Waals surface area (Å²) in [5.74, 6) is 1.42. The highest BCUT2D eigenvalue weighted by molar-refractivity contribution is 7.18. The van der Waals surface area contributed by atoms with Crippen molar-refractivity contribution < 1.29 is 9.47 Å². The molecule has 0 N–H and O–H groups in total. The summed E-state index contributed by atoms with van der Waals surface area (Å²) in [6.45, 7) is 3.13. The maximum absolute atomic E-state index is 5.59. The largest absolute Gasteiger partial charge is 0.493 e. The highest BCUT2D eigenvalue weighted by Gasteiger charge is 2.23. The first kappa shape index (κ1) is 22.3. The molecule has 0 amide bonds. The monoisotopic (exact) mass is 450 g/mol. The van der Waals surface area contributed by atoms with Gasteiger partial charge in [0, 0.05) is 19.2 Å². The number of benzene rings is 2. The van der Waals surface area contributed by atoms with Gasteiger partial charge >= 0.3 is 0 Å². The van der Waals surface area contributed by atoms with Crippen molar-refractivity contribution in [1.82, 2.24) is 19.4 Å². The Balaban J connectivity index is 1.80. The Morgan fingerprint density at radius 2 is 1.88 bits per heavy atom. The van der Waals surface area contributed by atoms with E-state index in [2.05, 4.69) is 65.9 Å². The summed E-state index contributed by atoms with van der Waals surface area (Å²) in [4.78, 5) is 11.9. The van der Waals surface area contributed by atoms with Crippen LogP contribution in [0.4, 0.5) is 0 Å². The highest BCUT2D eigenvalue weighted by atomic mass is 32.1. The summed E-state index contributed by atoms with van der Waals surface area (Å²) < 4.78 is 14.4. The Morgan fingerprint density at radius 3 is 2.59 bits per heavy atom. The first-order valence-electron chi connectivity index (χ1n) is 10.8. The van der Waals surface area contributed by atoms with Crippen molar-refractivity contribution in [3.05, 3.63) is 70.8 Å². The molecule has 2 heterocycles. The number of methoxy groups -OCH3 is 2. The molecule has 168 valence electrons. The number of ether oxygens (including phenoxy) is 2. The molecule has 4 aromatic rings. The van der Waals surface area contributed by atoms with E-state index in [0.29, 0.717) is 11.5 Å². The average Bonchev–Trinajstić information content (AvgIpc) is 3.44. The minimum Gasteiger partial charge on any atom is -0.493 e. The Kier molecular flexibility index (Phi) is 6.77. The molecular weight excluding hydrogens is 420 g/mol. The molecule has 2 aromatic carbocycles. The van der Waals surface area contributed by atoms with E-state index < -0.39 is 0 Å². The van der Waals surface area contributed by atoms with Gasteiger partial charge in [-0.1, -0.05) is 19.1 Å². The van der Waals surface area contributed by atoms with Crippen molar-refractivity contribution in [2.75, 3.05) is 34.9 Å². The van der Waals surface area contributed by atoms with E-state index >= 15 is 0 Å². The maximum atomic E-state index is 5.59. The van der Waals surface area contributed by atoms with Crippen molar-refractivity contribution in [1.29, 1.82) is 0 Å². The molecule has 32 heavy (non-hydrogen) atoms. The van der Waals surface area contributed by atoms with E-state index in [1.165, 1.54) is 10.3 Å². The van der Waals surface area contributed by atoms with Crippen LogP contribution in [0.25, 0.3) is 10.2 Å². The highest BCUT2D eigenvalue weighted by Crippen LogP contribution is 2.37. The summed E-state index contributed by atoms with van der Waals surface area (Å²) in [5, 5.41) is 1.03. The van der Waals surface area contributed by atoms with Crippen molar-refractivity contribution in [3.8, 4) is 11.5 Å². The molecule has 7 heteroatoms. The van der Waals surface area contributed by atoms with Crippen molar-refractivity contribution in [3.63, 3.8) is 0 Å². The number of aromatic nitrogens is 3. The summed E-state index contributed by atoms with van der Waals surface area (Å²) >= 11 is 1.74. The third-order valence-corrected chi connectivity index (χ3v) is 6.67. The molecule has 0 spiro atoms. The number of hydrogen-bond acceptors (Lipinski definition) is 6. The zero-order valence-corrected chi connectivity index (χ0v) is 20.1. The van der Waals surface area contributed by atoms with Crippen molar-refractivity contribution >= 4 is 21.6 Å². The van der Waals surface area contributed by atoms with Crippen LogP contribution in [-0.2, 0) is 12.8 Å². The summed E-state index contributed by atoms with van der Waals surface area (Å²) in [6, 6.07) is 12.5. The SMILES string of the molecule is CCc1ccc2nc(C(c3ccc(OC)c(OC)c3)n3cnc(CCN(C)C)c3)sc2c1. The van der Waals surface area contributed by atoms with Crippen LogP contribution in [0.3, 0.4) is 0 Å². The van der Waals surface area contributed by atoms with Crippen LogP contribution < -0.4 is 9.47 Å². The fourth-order valence-corrected chi connectivity index (χ4v) is 4.94. The molecule has 0 saturated heterocycles. The van der Waals surface area contributed by atoms with Gasteiger partial charge in [-0.05, 0) is 55.9 Å². The molecular formula is C25H30N4O2S. The fraction of sp³-hybridized carbons (Fsp3) is 0.360. The predicted octanol–water partition coefficient (Wildman–Crippen LogP) is 4.81. The molecule has 0 aliphatic carbocycles. The first-order valence-corrected chi connectivity index (χ1v) is 11.6. The Bertz CT molecular complexity index is 1200. The molecule has 2 aromatic heterocycles. The van der Waals surface area contributed by atoms with Gasteiger partial charge in [-0.15, -0.1) is 11.3 Å². The molecule has 0 aliphatic heterocycles. The van der Waals surface area contributed by atoms with Gasteiger partial charge in [0.05, 0.1) is 36.5 Å². The standard InChI is InChI=1S/C25H30N4O2S/c1-6-17-7-9-20-23(13-17)32-25(27-20)24(18-8-10-21(30-4)22(14-18)31-5)29-15-19(26-16-29)11-12-28(2)3/h7-10,13-16,24H,6,11-12H2,1-5H3.